The van der Waals surface area contributed by atoms with Gasteiger partial charge in [-0.3, -0.25) is 19.4 Å². The van der Waals surface area contributed by atoms with E-state index in [0.717, 1.165) is 24.8 Å². The Morgan fingerprint density at radius 3 is 2.29 bits per heavy atom. The molecule has 2 atom stereocenters. The lowest BCUT2D eigenvalue weighted by Gasteiger charge is -2.24. The van der Waals surface area contributed by atoms with Gasteiger partial charge in [0.25, 0.3) is 11.8 Å². The van der Waals surface area contributed by atoms with Gasteiger partial charge in [-0.05, 0) is 55.0 Å². The van der Waals surface area contributed by atoms with Crippen LogP contribution in [-0.4, -0.2) is 58.4 Å². The molecule has 35 heavy (non-hydrogen) atoms. The lowest BCUT2D eigenvalue weighted by molar-refractivity contribution is -0.123. The highest BCUT2D eigenvalue weighted by Gasteiger charge is 2.30. The molecule has 5 N–H and O–H groups in total. The van der Waals surface area contributed by atoms with Crippen LogP contribution in [0.1, 0.15) is 66.3 Å². The first kappa shape index (κ1) is 28.0. The Hall–Kier alpha value is -3.24. The van der Waals surface area contributed by atoms with Crippen molar-refractivity contribution in [2.45, 2.75) is 58.4 Å². The molecular formula is C25H35BN4O5. The Morgan fingerprint density at radius 2 is 1.71 bits per heavy atom. The summed E-state index contributed by atoms with van der Waals surface area (Å²) < 4.78 is 0. The van der Waals surface area contributed by atoms with Crippen LogP contribution in [0, 0.1) is 5.92 Å². The van der Waals surface area contributed by atoms with E-state index in [4.69, 9.17) is 0 Å². The van der Waals surface area contributed by atoms with Crippen molar-refractivity contribution < 1.29 is 24.4 Å². The second-order valence-electron chi connectivity index (χ2n) is 8.94. The van der Waals surface area contributed by atoms with E-state index in [1.54, 1.807) is 24.3 Å². The normalized spacial score (nSPS) is 12.5. The van der Waals surface area contributed by atoms with Gasteiger partial charge in [0, 0.05) is 24.5 Å². The van der Waals surface area contributed by atoms with E-state index in [9.17, 15) is 24.4 Å². The molecule has 3 amide bonds. The van der Waals surface area contributed by atoms with Crippen LogP contribution >= 0.6 is 0 Å². The lowest BCUT2D eigenvalue weighted by atomic mass is 9.75. The predicted octanol–water partition coefficient (Wildman–Crippen LogP) is 1.50. The average molecular weight is 482 g/mol. The molecule has 9 nitrogen and oxygen atoms in total. The monoisotopic (exact) mass is 482 g/mol. The van der Waals surface area contributed by atoms with Gasteiger partial charge in [0.05, 0.1) is 11.5 Å². The zero-order valence-corrected chi connectivity index (χ0v) is 20.5. The van der Waals surface area contributed by atoms with Gasteiger partial charge in [0.2, 0.25) is 5.91 Å². The fourth-order valence-electron chi connectivity index (χ4n) is 3.49. The zero-order chi connectivity index (χ0) is 25.8. The molecule has 0 fully saturated rings. The van der Waals surface area contributed by atoms with Crippen molar-refractivity contribution in [3.8, 4) is 0 Å². The van der Waals surface area contributed by atoms with Crippen LogP contribution in [0.3, 0.4) is 0 Å². The van der Waals surface area contributed by atoms with Gasteiger partial charge < -0.3 is 26.0 Å². The summed E-state index contributed by atoms with van der Waals surface area (Å²) in [6.07, 6.45) is 6.30. The Labute approximate surface area is 206 Å². The molecule has 1 heterocycles. The van der Waals surface area contributed by atoms with Gasteiger partial charge >= 0.3 is 7.12 Å². The number of hydrogen-bond acceptors (Lipinski definition) is 6. The zero-order valence-electron chi connectivity index (χ0n) is 20.5. The summed E-state index contributed by atoms with van der Waals surface area (Å²) in [5.41, 5.74) is 1.81. The third kappa shape index (κ3) is 9.50. The maximum atomic E-state index is 13.0. The number of hydrogen-bond donors (Lipinski definition) is 5. The number of nitrogens with one attached hydrogen (secondary N) is 3. The number of unbranched alkanes of at least 4 members (excludes halogenated alkanes) is 1. The number of carbonyl (C=O) groups excluding carboxylic acids is 3. The summed E-state index contributed by atoms with van der Waals surface area (Å²) in [4.78, 5) is 42.3. The van der Waals surface area contributed by atoms with E-state index >= 15 is 0 Å². The number of rotatable bonds is 13. The molecule has 188 valence electrons. The molecule has 2 rings (SSSR count). The third-order valence-electron chi connectivity index (χ3n) is 5.46. The quantitative estimate of drug-likeness (QED) is 0.274. The van der Waals surface area contributed by atoms with E-state index in [1.165, 1.54) is 12.4 Å². The second kappa shape index (κ2) is 14.2. The minimum atomic E-state index is -1.77. The molecule has 1 aromatic heterocycles. The van der Waals surface area contributed by atoms with Crippen molar-refractivity contribution >= 4 is 24.8 Å². The summed E-state index contributed by atoms with van der Waals surface area (Å²) >= 11 is 0. The van der Waals surface area contributed by atoms with Gasteiger partial charge in [-0.25, -0.2) is 0 Å². The van der Waals surface area contributed by atoms with E-state index < -0.39 is 36.8 Å². The largest absolute Gasteiger partial charge is 0.475 e. The number of pyridine rings is 1. The van der Waals surface area contributed by atoms with Gasteiger partial charge in [-0.1, -0.05) is 39.3 Å². The van der Waals surface area contributed by atoms with Gasteiger partial charge in [0.1, 0.15) is 6.04 Å². The number of carbonyl (C=O) groups is 3. The van der Waals surface area contributed by atoms with Crippen LogP contribution in [0.25, 0.3) is 0 Å². The molecule has 1 aromatic carbocycles. The molecule has 0 saturated carbocycles. The number of nitrogens with zero attached hydrogens (tertiary/aromatic N) is 1. The predicted molar refractivity (Wildman–Crippen MR) is 134 cm³/mol. The van der Waals surface area contributed by atoms with E-state index in [-0.39, 0.29) is 12.5 Å². The Kier molecular flexibility index (Phi) is 11.4. The number of aryl methyl sites for hydroxylation is 1. The maximum absolute atomic E-state index is 13.0. The van der Waals surface area contributed by atoms with E-state index in [0.29, 0.717) is 17.5 Å². The summed E-state index contributed by atoms with van der Waals surface area (Å²) in [7, 11) is -1.77. The number of aromatic nitrogens is 1. The summed E-state index contributed by atoms with van der Waals surface area (Å²) in [6.45, 7) is 5.69. The minimum absolute atomic E-state index is 0.0895. The van der Waals surface area contributed by atoms with Crippen LogP contribution in [0.4, 0.5) is 0 Å². The first-order valence-electron chi connectivity index (χ1n) is 12.0. The third-order valence-corrected chi connectivity index (χ3v) is 5.46. The topological polar surface area (TPSA) is 141 Å². The molecule has 0 unspecified atom stereocenters. The maximum Gasteiger partial charge on any atom is 0.475 e. The average Bonchev–Trinajstić information content (AvgIpc) is 2.84. The molecule has 0 spiro atoms. The molecular weight excluding hydrogens is 447 g/mol. The molecule has 0 aliphatic rings. The van der Waals surface area contributed by atoms with Crippen LogP contribution in [0.5, 0.6) is 0 Å². The molecule has 0 saturated heterocycles. The lowest BCUT2D eigenvalue weighted by Crippen LogP contribution is -2.57. The van der Waals surface area contributed by atoms with Gasteiger partial charge in [-0.15, -0.1) is 0 Å². The minimum Gasteiger partial charge on any atom is -0.426 e. The fourth-order valence-corrected chi connectivity index (χ4v) is 3.49. The van der Waals surface area contributed by atoms with Crippen molar-refractivity contribution in [2.24, 2.45) is 5.92 Å². The highest BCUT2D eigenvalue weighted by Crippen LogP contribution is 2.09. The van der Waals surface area contributed by atoms with E-state index in [2.05, 4.69) is 27.9 Å². The van der Waals surface area contributed by atoms with Crippen LogP contribution in [0.15, 0.2) is 48.8 Å². The smallest absolute Gasteiger partial charge is 0.426 e. The SMILES string of the molecule is CCCCc1ccc(C(=O)N[C@@H](CNC(=O)c2cccnc2)C(=O)N[C@@H](CC(C)C)B(O)O)cc1. The molecule has 0 aliphatic carbocycles. The summed E-state index contributed by atoms with van der Waals surface area (Å²) in [5.74, 6) is -2.40. The second-order valence-corrected chi connectivity index (χ2v) is 8.94. The number of amides is 3. The molecule has 0 bridgehead atoms. The first-order valence-corrected chi connectivity index (χ1v) is 12.0. The Bertz CT molecular complexity index is 954. The summed E-state index contributed by atoms with van der Waals surface area (Å²) in [5, 5.41) is 27.2. The molecule has 2 aromatic rings. The first-order chi connectivity index (χ1) is 16.7. The van der Waals surface area contributed by atoms with Crippen molar-refractivity contribution in [3.05, 3.63) is 65.5 Å². The standard InChI is InChI=1S/C25H35BN4O5/c1-4-5-7-18-9-11-19(12-10-18)24(32)29-21(16-28-23(31)20-8-6-13-27-15-20)25(33)30-22(26(34)35)14-17(2)3/h6,8-13,15,17,21-22,34-35H,4-5,7,14,16H2,1-3H3,(H,28,31)(H,29,32)(H,30,33)/t21-,22-/m0/s1. The van der Waals surface area contributed by atoms with Crippen LogP contribution in [-0.2, 0) is 11.2 Å². The number of benzene rings is 1. The molecule has 10 heteroatoms. The molecule has 0 radical (unpaired) electrons. The van der Waals surface area contributed by atoms with Crippen LogP contribution in [0.2, 0.25) is 0 Å². The van der Waals surface area contributed by atoms with E-state index in [1.807, 2.05) is 26.0 Å². The Balaban J connectivity index is 2.14. The van der Waals surface area contributed by atoms with Crippen LogP contribution < -0.4 is 16.0 Å². The highest BCUT2D eigenvalue weighted by atomic mass is 16.4. The van der Waals surface area contributed by atoms with Crippen molar-refractivity contribution in [1.82, 2.24) is 20.9 Å². The van der Waals surface area contributed by atoms with Crippen molar-refractivity contribution in [2.75, 3.05) is 6.54 Å². The fraction of sp³-hybridized carbons (Fsp3) is 0.440. The molecule has 0 aliphatic heterocycles. The summed E-state index contributed by atoms with van der Waals surface area (Å²) in [6, 6.07) is 9.21. The van der Waals surface area contributed by atoms with Crippen molar-refractivity contribution in [3.63, 3.8) is 0 Å². The van der Waals surface area contributed by atoms with Gasteiger partial charge in [0.15, 0.2) is 0 Å². The Morgan fingerprint density at radius 1 is 1.00 bits per heavy atom. The van der Waals surface area contributed by atoms with Crippen molar-refractivity contribution in [1.29, 1.82) is 0 Å². The highest BCUT2D eigenvalue weighted by molar-refractivity contribution is 6.43. The van der Waals surface area contributed by atoms with Gasteiger partial charge in [-0.2, -0.15) is 0 Å².